The van der Waals surface area contributed by atoms with Gasteiger partial charge >= 0.3 is 0 Å². The third kappa shape index (κ3) is 2.44. The third-order valence-corrected chi connectivity index (χ3v) is 4.83. The van der Waals surface area contributed by atoms with Gasteiger partial charge in [-0.1, -0.05) is 13.0 Å². The van der Waals surface area contributed by atoms with E-state index in [1.807, 2.05) is 18.5 Å². The number of nitrogens with zero attached hydrogens (tertiary/aromatic N) is 2. The first-order valence-corrected chi connectivity index (χ1v) is 7.67. The number of carbonyl (C=O) groups is 1. The van der Waals surface area contributed by atoms with Crippen molar-refractivity contribution in [1.82, 2.24) is 15.2 Å². The molecule has 0 bridgehead atoms. The fourth-order valence-corrected chi connectivity index (χ4v) is 4.01. The number of nitrogens with one attached hydrogen (secondary N) is 1. The summed E-state index contributed by atoms with van der Waals surface area (Å²) in [6.45, 7) is 4.29. The maximum Gasteiger partial charge on any atom is 0.220 e. The van der Waals surface area contributed by atoms with Crippen molar-refractivity contribution in [3.8, 4) is 0 Å². The normalized spacial score (nSPS) is 30.6. The molecule has 3 rings (SSSR count). The molecule has 1 amide bonds. The smallest absolute Gasteiger partial charge is 0.220 e. The molecule has 1 spiro atoms. The Bertz CT molecular complexity index is 476. The van der Waals surface area contributed by atoms with E-state index in [-0.39, 0.29) is 11.4 Å². The van der Waals surface area contributed by atoms with Crippen LogP contribution in [0.2, 0.25) is 0 Å². The van der Waals surface area contributed by atoms with Crippen molar-refractivity contribution in [2.45, 2.75) is 57.2 Å². The van der Waals surface area contributed by atoms with Crippen LogP contribution in [0, 0.1) is 0 Å². The van der Waals surface area contributed by atoms with E-state index < -0.39 is 0 Å². The molecule has 2 fully saturated rings. The molecule has 4 heteroatoms. The van der Waals surface area contributed by atoms with E-state index in [0.717, 1.165) is 38.8 Å². The van der Waals surface area contributed by atoms with Crippen LogP contribution >= 0.6 is 0 Å². The number of rotatable bonds is 3. The average Bonchev–Trinajstić information content (AvgIpc) is 2.82. The van der Waals surface area contributed by atoms with Gasteiger partial charge in [-0.15, -0.1) is 0 Å². The largest absolute Gasteiger partial charge is 0.349 e. The molecule has 1 aromatic heterocycles. The minimum absolute atomic E-state index is 0.0201. The quantitative estimate of drug-likeness (QED) is 0.917. The van der Waals surface area contributed by atoms with E-state index in [4.69, 9.17) is 0 Å². The molecular weight excluding hydrogens is 250 g/mol. The van der Waals surface area contributed by atoms with Gasteiger partial charge in [-0.25, -0.2) is 0 Å². The zero-order valence-corrected chi connectivity index (χ0v) is 12.1. The lowest BCUT2D eigenvalue weighted by molar-refractivity contribution is -0.120. The number of likely N-dealkylation sites (tertiary alicyclic amines) is 1. The van der Waals surface area contributed by atoms with Gasteiger partial charge < -0.3 is 5.32 Å². The molecule has 3 heterocycles. The number of amides is 1. The number of pyridine rings is 1. The van der Waals surface area contributed by atoms with E-state index in [1.54, 1.807) is 0 Å². The van der Waals surface area contributed by atoms with Crippen LogP contribution in [0.1, 0.15) is 44.6 Å². The Morgan fingerprint density at radius 3 is 3.05 bits per heavy atom. The molecule has 0 saturated carbocycles. The summed E-state index contributed by atoms with van der Waals surface area (Å²) in [7, 11) is 0. The molecule has 0 unspecified atom stereocenters. The molecule has 2 aliphatic heterocycles. The van der Waals surface area contributed by atoms with Crippen molar-refractivity contribution in [2.24, 2.45) is 0 Å². The van der Waals surface area contributed by atoms with Gasteiger partial charge in [0.2, 0.25) is 5.91 Å². The van der Waals surface area contributed by atoms with E-state index in [1.165, 1.54) is 5.56 Å². The maximum absolute atomic E-state index is 11.7. The molecule has 1 aromatic rings. The molecule has 108 valence electrons. The molecule has 0 aliphatic carbocycles. The van der Waals surface area contributed by atoms with Crippen LogP contribution in [-0.2, 0) is 11.3 Å². The van der Waals surface area contributed by atoms with E-state index in [0.29, 0.717) is 12.5 Å². The number of hydrogen-bond donors (Lipinski definition) is 1. The summed E-state index contributed by atoms with van der Waals surface area (Å²) in [4.78, 5) is 18.4. The molecule has 20 heavy (non-hydrogen) atoms. The van der Waals surface area contributed by atoms with Gasteiger partial charge in [0.15, 0.2) is 0 Å². The molecule has 4 nitrogen and oxygen atoms in total. The molecule has 1 N–H and O–H groups in total. The minimum Gasteiger partial charge on any atom is -0.349 e. The lowest BCUT2D eigenvalue weighted by Crippen LogP contribution is -2.61. The minimum atomic E-state index is 0.0201. The average molecular weight is 273 g/mol. The molecule has 2 atom stereocenters. The Hall–Kier alpha value is -1.42. The Morgan fingerprint density at radius 2 is 2.40 bits per heavy atom. The zero-order valence-electron chi connectivity index (χ0n) is 12.1. The Labute approximate surface area is 120 Å². The fourth-order valence-electron chi connectivity index (χ4n) is 4.01. The summed E-state index contributed by atoms with van der Waals surface area (Å²) in [6.07, 6.45) is 8.82. The van der Waals surface area contributed by atoms with Crippen molar-refractivity contribution >= 4 is 5.91 Å². The highest BCUT2D eigenvalue weighted by molar-refractivity contribution is 5.79. The number of carbonyl (C=O) groups excluding carboxylic acids is 1. The second-order valence-corrected chi connectivity index (χ2v) is 6.06. The second kappa shape index (κ2) is 5.52. The number of aromatic nitrogens is 1. The Balaban J connectivity index is 1.78. The monoisotopic (exact) mass is 273 g/mol. The van der Waals surface area contributed by atoms with Crippen LogP contribution in [-0.4, -0.2) is 33.9 Å². The van der Waals surface area contributed by atoms with Gasteiger partial charge in [0.25, 0.3) is 0 Å². The molecule has 0 aromatic carbocycles. The molecule has 0 radical (unpaired) electrons. The molecular formula is C16H23N3O. The lowest BCUT2D eigenvalue weighted by Gasteiger charge is -2.48. The number of piperidine rings is 1. The standard InChI is InChI=1S/C16H23N3O/c1-2-14-16(8-6-15(20)18-16)7-4-10-19(14)12-13-5-3-9-17-11-13/h3,5,9,11,14H,2,4,6-8,10,12H2,1H3,(H,18,20)/t14-,16-/m0/s1. The van der Waals surface area contributed by atoms with Gasteiger partial charge in [-0.05, 0) is 43.9 Å². The van der Waals surface area contributed by atoms with Crippen LogP contribution in [0.25, 0.3) is 0 Å². The molecule has 2 aliphatic rings. The number of hydrogen-bond acceptors (Lipinski definition) is 3. The Morgan fingerprint density at radius 1 is 1.50 bits per heavy atom. The predicted molar refractivity (Wildman–Crippen MR) is 78.1 cm³/mol. The highest BCUT2D eigenvalue weighted by Gasteiger charge is 2.47. The van der Waals surface area contributed by atoms with Crippen molar-refractivity contribution in [3.63, 3.8) is 0 Å². The van der Waals surface area contributed by atoms with Gasteiger partial charge in [-0.2, -0.15) is 0 Å². The van der Waals surface area contributed by atoms with Crippen molar-refractivity contribution in [3.05, 3.63) is 30.1 Å². The summed E-state index contributed by atoms with van der Waals surface area (Å²) >= 11 is 0. The first-order valence-electron chi connectivity index (χ1n) is 7.67. The van der Waals surface area contributed by atoms with Gasteiger partial charge in [0.05, 0.1) is 5.54 Å². The van der Waals surface area contributed by atoms with E-state index >= 15 is 0 Å². The predicted octanol–water partition coefficient (Wildman–Crippen LogP) is 2.10. The van der Waals surface area contributed by atoms with Crippen molar-refractivity contribution < 1.29 is 4.79 Å². The first kappa shape index (κ1) is 13.6. The fraction of sp³-hybridized carbons (Fsp3) is 0.625. The Kier molecular flexibility index (Phi) is 3.74. The van der Waals surface area contributed by atoms with Crippen LogP contribution in [0.15, 0.2) is 24.5 Å². The van der Waals surface area contributed by atoms with Gasteiger partial charge in [-0.3, -0.25) is 14.7 Å². The second-order valence-electron chi connectivity index (χ2n) is 6.06. The van der Waals surface area contributed by atoms with Crippen molar-refractivity contribution in [1.29, 1.82) is 0 Å². The molecule has 2 saturated heterocycles. The highest BCUT2D eigenvalue weighted by Crippen LogP contribution is 2.37. The maximum atomic E-state index is 11.7. The van der Waals surface area contributed by atoms with Gasteiger partial charge in [0.1, 0.15) is 0 Å². The van der Waals surface area contributed by atoms with E-state index in [9.17, 15) is 4.79 Å². The topological polar surface area (TPSA) is 45.2 Å². The summed E-state index contributed by atoms with van der Waals surface area (Å²) < 4.78 is 0. The van der Waals surface area contributed by atoms with Crippen LogP contribution in [0.4, 0.5) is 0 Å². The van der Waals surface area contributed by atoms with Crippen LogP contribution in [0.3, 0.4) is 0 Å². The summed E-state index contributed by atoms with van der Waals surface area (Å²) in [5.41, 5.74) is 1.28. The van der Waals surface area contributed by atoms with Crippen molar-refractivity contribution in [2.75, 3.05) is 6.54 Å². The summed E-state index contributed by atoms with van der Waals surface area (Å²) in [6, 6.07) is 4.57. The van der Waals surface area contributed by atoms with E-state index in [2.05, 4.69) is 28.2 Å². The first-order chi connectivity index (χ1) is 9.73. The van der Waals surface area contributed by atoms with Gasteiger partial charge in [0, 0.05) is 31.4 Å². The van der Waals surface area contributed by atoms with Crippen LogP contribution < -0.4 is 5.32 Å². The summed E-state index contributed by atoms with van der Waals surface area (Å²) in [5.74, 6) is 0.228. The zero-order chi connectivity index (χ0) is 14.0. The van der Waals surface area contributed by atoms with Crippen LogP contribution in [0.5, 0.6) is 0 Å². The third-order valence-electron chi connectivity index (χ3n) is 4.83. The SMILES string of the molecule is CC[C@@H]1N(Cc2cccnc2)CCC[C@]12CCC(=O)N2. The highest BCUT2D eigenvalue weighted by atomic mass is 16.2. The lowest BCUT2D eigenvalue weighted by atomic mass is 9.78. The summed E-state index contributed by atoms with van der Waals surface area (Å²) in [5, 5.41) is 3.29.